The molecule has 1 aliphatic carbocycles. The van der Waals surface area contributed by atoms with Crippen LogP contribution in [0.4, 0.5) is 0 Å². The highest BCUT2D eigenvalue weighted by molar-refractivity contribution is 5.91. The predicted molar refractivity (Wildman–Crippen MR) is 97.9 cm³/mol. The first kappa shape index (κ1) is 16.0. The maximum absolute atomic E-state index is 13.0. The molecular weight excluding hydrogens is 344 g/mol. The molecule has 2 aromatic heterocycles. The molecule has 8 heteroatoms. The summed E-state index contributed by atoms with van der Waals surface area (Å²) in [6.45, 7) is 1.72. The van der Waals surface area contributed by atoms with Gasteiger partial charge in [-0.05, 0) is 25.0 Å². The highest BCUT2D eigenvalue weighted by Crippen LogP contribution is 2.40. The monoisotopic (exact) mass is 364 g/mol. The van der Waals surface area contributed by atoms with Crippen molar-refractivity contribution < 1.29 is 9.59 Å². The van der Waals surface area contributed by atoms with Crippen LogP contribution in [-0.4, -0.2) is 42.4 Å². The Kier molecular flexibility index (Phi) is 3.53. The Hall–Kier alpha value is -3.16. The van der Waals surface area contributed by atoms with Crippen LogP contribution in [0.15, 0.2) is 30.5 Å². The minimum absolute atomic E-state index is 0.0370. The van der Waals surface area contributed by atoms with Crippen molar-refractivity contribution in [2.45, 2.75) is 38.4 Å². The lowest BCUT2D eigenvalue weighted by Crippen LogP contribution is -2.41. The molecule has 138 valence electrons. The standard InChI is InChI=1S/C19H20N6O2/c20-18(27)15-9-21-16-10-23(7-8-24(15)16)17(26)11-25-14-4-2-1-3-13(14)22-19(25)12-5-6-12/h1-4,9,12H,5-8,10-11H2,(H2,20,27). The van der Waals surface area contributed by atoms with Gasteiger partial charge in [0.05, 0.1) is 23.8 Å². The first-order valence-corrected chi connectivity index (χ1v) is 9.19. The first-order valence-electron chi connectivity index (χ1n) is 9.19. The molecule has 1 aromatic carbocycles. The van der Waals surface area contributed by atoms with Crippen LogP contribution in [0.3, 0.4) is 0 Å². The number of primary amides is 1. The average Bonchev–Trinajstić information content (AvgIpc) is 3.32. The predicted octanol–water partition coefficient (Wildman–Crippen LogP) is 1.25. The second-order valence-corrected chi connectivity index (χ2v) is 7.21. The van der Waals surface area contributed by atoms with Gasteiger partial charge in [-0.25, -0.2) is 9.97 Å². The minimum Gasteiger partial charge on any atom is -0.364 e. The molecule has 0 radical (unpaired) electrons. The van der Waals surface area contributed by atoms with Crippen molar-refractivity contribution in [3.05, 3.63) is 47.8 Å². The number of carbonyl (C=O) groups excluding carboxylic acids is 2. The van der Waals surface area contributed by atoms with E-state index in [-0.39, 0.29) is 12.5 Å². The van der Waals surface area contributed by atoms with Crippen molar-refractivity contribution in [2.75, 3.05) is 6.54 Å². The van der Waals surface area contributed by atoms with Crippen LogP contribution in [-0.2, 0) is 24.4 Å². The smallest absolute Gasteiger partial charge is 0.266 e. The van der Waals surface area contributed by atoms with Crippen molar-refractivity contribution in [3.63, 3.8) is 0 Å². The quantitative estimate of drug-likeness (QED) is 0.753. The molecule has 0 saturated heterocycles. The van der Waals surface area contributed by atoms with Crippen LogP contribution in [0.1, 0.15) is 40.9 Å². The van der Waals surface area contributed by atoms with E-state index in [0.717, 1.165) is 29.7 Å². The summed E-state index contributed by atoms with van der Waals surface area (Å²) in [6, 6.07) is 7.96. The Morgan fingerprint density at radius 1 is 1.19 bits per heavy atom. The van der Waals surface area contributed by atoms with Gasteiger partial charge in [0.1, 0.15) is 23.9 Å². The van der Waals surface area contributed by atoms with E-state index in [1.165, 1.54) is 6.20 Å². The fourth-order valence-electron chi connectivity index (χ4n) is 3.82. The number of amides is 2. The number of benzene rings is 1. The summed E-state index contributed by atoms with van der Waals surface area (Å²) < 4.78 is 3.86. The van der Waals surface area contributed by atoms with Gasteiger partial charge < -0.3 is 19.8 Å². The second kappa shape index (κ2) is 5.94. The van der Waals surface area contributed by atoms with Gasteiger partial charge >= 0.3 is 0 Å². The molecule has 27 heavy (non-hydrogen) atoms. The van der Waals surface area contributed by atoms with Crippen molar-refractivity contribution in [1.82, 2.24) is 24.0 Å². The third kappa shape index (κ3) is 2.68. The van der Waals surface area contributed by atoms with Crippen LogP contribution in [0.25, 0.3) is 11.0 Å². The lowest BCUT2D eigenvalue weighted by molar-refractivity contribution is -0.133. The lowest BCUT2D eigenvalue weighted by atomic mass is 10.3. The van der Waals surface area contributed by atoms with E-state index in [1.807, 2.05) is 24.3 Å². The molecule has 1 fully saturated rings. The molecule has 0 spiro atoms. The van der Waals surface area contributed by atoms with E-state index in [4.69, 9.17) is 10.7 Å². The number of para-hydroxylation sites is 2. The summed E-state index contributed by atoms with van der Waals surface area (Å²) in [7, 11) is 0. The maximum atomic E-state index is 13.0. The van der Waals surface area contributed by atoms with Gasteiger partial charge in [0, 0.05) is 19.0 Å². The molecule has 8 nitrogen and oxygen atoms in total. The van der Waals surface area contributed by atoms with E-state index in [2.05, 4.69) is 9.55 Å². The van der Waals surface area contributed by atoms with Crippen molar-refractivity contribution in [1.29, 1.82) is 0 Å². The van der Waals surface area contributed by atoms with E-state index in [1.54, 1.807) is 9.47 Å². The molecule has 3 aromatic rings. The Morgan fingerprint density at radius 2 is 2.00 bits per heavy atom. The highest BCUT2D eigenvalue weighted by atomic mass is 16.2. The van der Waals surface area contributed by atoms with Crippen molar-refractivity contribution in [3.8, 4) is 0 Å². The number of nitrogens with zero attached hydrogens (tertiary/aromatic N) is 5. The van der Waals surface area contributed by atoms with E-state index in [0.29, 0.717) is 37.1 Å². The van der Waals surface area contributed by atoms with Gasteiger partial charge in [-0.15, -0.1) is 0 Å². The number of rotatable bonds is 4. The molecule has 0 bridgehead atoms. The highest BCUT2D eigenvalue weighted by Gasteiger charge is 2.31. The summed E-state index contributed by atoms with van der Waals surface area (Å²) in [4.78, 5) is 35.3. The van der Waals surface area contributed by atoms with Gasteiger partial charge in [-0.2, -0.15) is 0 Å². The number of hydrogen-bond acceptors (Lipinski definition) is 4. The Morgan fingerprint density at radius 3 is 2.78 bits per heavy atom. The number of aromatic nitrogens is 4. The van der Waals surface area contributed by atoms with Gasteiger partial charge in [0.25, 0.3) is 5.91 Å². The molecule has 1 aliphatic heterocycles. The van der Waals surface area contributed by atoms with Gasteiger partial charge in [-0.1, -0.05) is 12.1 Å². The number of fused-ring (bicyclic) bond motifs is 2. The third-order valence-corrected chi connectivity index (χ3v) is 5.39. The summed E-state index contributed by atoms with van der Waals surface area (Å²) in [5.41, 5.74) is 7.72. The first-order chi connectivity index (χ1) is 13.1. The zero-order valence-corrected chi connectivity index (χ0v) is 14.8. The normalized spacial score (nSPS) is 16.5. The zero-order valence-electron chi connectivity index (χ0n) is 14.8. The summed E-state index contributed by atoms with van der Waals surface area (Å²) in [6.07, 6.45) is 3.75. The topological polar surface area (TPSA) is 99.0 Å². The molecular formula is C19H20N6O2. The number of nitrogens with two attached hydrogens (primary N) is 1. The molecule has 0 atom stereocenters. The molecule has 2 N–H and O–H groups in total. The summed E-state index contributed by atoms with van der Waals surface area (Å²) in [5.74, 6) is 1.71. The lowest BCUT2D eigenvalue weighted by Gasteiger charge is -2.28. The fraction of sp³-hybridized carbons (Fsp3) is 0.368. The minimum atomic E-state index is -0.493. The third-order valence-electron chi connectivity index (χ3n) is 5.39. The average molecular weight is 364 g/mol. The largest absolute Gasteiger partial charge is 0.364 e. The Balaban J connectivity index is 1.40. The summed E-state index contributed by atoms with van der Waals surface area (Å²) >= 11 is 0. The SMILES string of the molecule is NC(=O)c1cnc2n1CCN(C(=O)Cn1c(C3CC3)nc3ccccc31)C2. The molecule has 3 heterocycles. The van der Waals surface area contributed by atoms with Gasteiger partial charge in [0.2, 0.25) is 5.91 Å². The second-order valence-electron chi connectivity index (χ2n) is 7.21. The van der Waals surface area contributed by atoms with Crippen LogP contribution in [0, 0.1) is 0 Å². The molecule has 5 rings (SSSR count). The van der Waals surface area contributed by atoms with Crippen LogP contribution in [0.2, 0.25) is 0 Å². The Bertz CT molecular complexity index is 1060. The van der Waals surface area contributed by atoms with Gasteiger partial charge in [0.15, 0.2) is 0 Å². The molecule has 0 unspecified atom stereocenters. The number of imidazole rings is 2. The number of carbonyl (C=O) groups is 2. The van der Waals surface area contributed by atoms with Gasteiger partial charge in [-0.3, -0.25) is 9.59 Å². The van der Waals surface area contributed by atoms with Crippen molar-refractivity contribution in [2.24, 2.45) is 5.73 Å². The zero-order chi connectivity index (χ0) is 18.5. The molecule has 2 amide bonds. The summed E-state index contributed by atoms with van der Waals surface area (Å²) in [5, 5.41) is 0. The Labute approximate surface area is 155 Å². The van der Waals surface area contributed by atoms with Crippen molar-refractivity contribution >= 4 is 22.8 Å². The van der Waals surface area contributed by atoms with Crippen LogP contribution in [0.5, 0.6) is 0 Å². The van der Waals surface area contributed by atoms with E-state index < -0.39 is 5.91 Å². The molecule has 1 saturated carbocycles. The maximum Gasteiger partial charge on any atom is 0.266 e. The molecule has 2 aliphatic rings. The van der Waals surface area contributed by atoms with E-state index in [9.17, 15) is 9.59 Å². The van der Waals surface area contributed by atoms with E-state index >= 15 is 0 Å². The van der Waals surface area contributed by atoms with Crippen LogP contribution < -0.4 is 5.73 Å². The fourth-order valence-corrected chi connectivity index (χ4v) is 3.82. The number of hydrogen-bond donors (Lipinski definition) is 1. The van der Waals surface area contributed by atoms with Crippen LogP contribution >= 0.6 is 0 Å².